The van der Waals surface area contributed by atoms with Gasteiger partial charge in [-0.25, -0.2) is 0 Å². The minimum Gasteiger partial charge on any atom is -0.383 e. The van der Waals surface area contributed by atoms with Crippen molar-refractivity contribution in [1.82, 2.24) is 0 Å². The first-order valence-corrected chi connectivity index (χ1v) is 7.56. The highest BCUT2D eigenvalue weighted by atomic mass is 16.1. The van der Waals surface area contributed by atoms with Crippen molar-refractivity contribution < 1.29 is 4.79 Å². The number of benzene rings is 2. The van der Waals surface area contributed by atoms with Gasteiger partial charge in [0.1, 0.15) is 0 Å². The highest BCUT2D eigenvalue weighted by Crippen LogP contribution is 2.27. The van der Waals surface area contributed by atoms with E-state index < -0.39 is 0 Å². The molecule has 2 aromatic carbocycles. The summed E-state index contributed by atoms with van der Waals surface area (Å²) in [6.07, 6.45) is 5.88. The Morgan fingerprint density at radius 1 is 1.05 bits per heavy atom. The first-order chi connectivity index (χ1) is 10.7. The van der Waals surface area contributed by atoms with Gasteiger partial charge in [-0.15, -0.1) is 0 Å². The number of rotatable bonds is 7. The molecule has 0 aliphatic rings. The summed E-state index contributed by atoms with van der Waals surface area (Å²) in [5, 5.41) is 6.14. The number of amides is 1. The molecule has 0 heterocycles. The highest BCUT2D eigenvalue weighted by Gasteiger charge is 2.05. The third-order valence-corrected chi connectivity index (χ3v) is 3.40. The summed E-state index contributed by atoms with van der Waals surface area (Å²) in [6.45, 7) is 5.06. The van der Waals surface area contributed by atoms with Crippen LogP contribution in [0.1, 0.15) is 30.0 Å². The quantitative estimate of drug-likeness (QED) is 0.581. The van der Waals surface area contributed by atoms with Crippen LogP contribution in [0.4, 0.5) is 11.4 Å². The third-order valence-electron chi connectivity index (χ3n) is 3.40. The summed E-state index contributed by atoms with van der Waals surface area (Å²) in [7, 11) is 0. The van der Waals surface area contributed by atoms with E-state index in [9.17, 15) is 4.79 Å². The van der Waals surface area contributed by atoms with Gasteiger partial charge in [-0.3, -0.25) is 4.79 Å². The van der Waals surface area contributed by atoms with Crippen molar-refractivity contribution in [3.63, 3.8) is 0 Å². The van der Waals surface area contributed by atoms with Gasteiger partial charge < -0.3 is 10.6 Å². The topological polar surface area (TPSA) is 41.1 Å². The predicted octanol–water partition coefficient (Wildman–Crippen LogP) is 4.56. The Bertz CT molecular complexity index is 645. The Morgan fingerprint density at radius 2 is 1.82 bits per heavy atom. The van der Waals surface area contributed by atoms with Gasteiger partial charge in [0.25, 0.3) is 0 Å². The van der Waals surface area contributed by atoms with Crippen molar-refractivity contribution in [2.24, 2.45) is 0 Å². The van der Waals surface area contributed by atoms with Crippen molar-refractivity contribution in [2.45, 2.75) is 20.3 Å². The fraction of sp³-hybridized carbons (Fsp3) is 0.211. The standard InChI is InChI=1S/C19H22N2O/c1-3-13-20-19-17(5-4-6-18(19)21-14-22)12-11-16-9-7-15(2)8-10-16/h4-12,14,20H,3,13H2,1-2H3,(H,21,22)/b12-11+. The molecule has 0 unspecified atom stereocenters. The molecule has 2 aromatic rings. The molecule has 0 bridgehead atoms. The second kappa shape index (κ2) is 8.03. The van der Waals surface area contributed by atoms with Gasteiger partial charge in [0, 0.05) is 6.54 Å². The van der Waals surface area contributed by atoms with Crippen LogP contribution in [0, 0.1) is 6.92 Å². The van der Waals surface area contributed by atoms with E-state index >= 15 is 0 Å². The van der Waals surface area contributed by atoms with Gasteiger partial charge in [-0.2, -0.15) is 0 Å². The molecule has 0 radical (unpaired) electrons. The van der Waals surface area contributed by atoms with Crippen molar-refractivity contribution in [3.8, 4) is 0 Å². The summed E-state index contributed by atoms with van der Waals surface area (Å²) in [4.78, 5) is 10.8. The molecule has 0 aliphatic carbocycles. The Morgan fingerprint density at radius 3 is 2.50 bits per heavy atom. The van der Waals surface area contributed by atoms with E-state index in [4.69, 9.17) is 0 Å². The van der Waals surface area contributed by atoms with Crippen LogP contribution in [0.3, 0.4) is 0 Å². The number of carbonyl (C=O) groups is 1. The summed E-state index contributed by atoms with van der Waals surface area (Å²) < 4.78 is 0. The maximum Gasteiger partial charge on any atom is 0.211 e. The minimum atomic E-state index is 0.708. The Hall–Kier alpha value is -2.55. The average Bonchev–Trinajstić information content (AvgIpc) is 2.54. The van der Waals surface area contributed by atoms with E-state index in [1.54, 1.807) is 0 Å². The van der Waals surface area contributed by atoms with Crippen molar-refractivity contribution in [1.29, 1.82) is 0 Å². The fourth-order valence-corrected chi connectivity index (χ4v) is 2.20. The predicted molar refractivity (Wildman–Crippen MR) is 95.0 cm³/mol. The molecule has 0 spiro atoms. The molecule has 0 saturated carbocycles. The fourth-order valence-electron chi connectivity index (χ4n) is 2.20. The SMILES string of the molecule is CCCNc1c(/C=C/c2ccc(C)cc2)cccc1NC=O. The van der Waals surface area contributed by atoms with Gasteiger partial charge in [0.15, 0.2) is 0 Å². The average molecular weight is 294 g/mol. The minimum absolute atomic E-state index is 0.708. The van der Waals surface area contributed by atoms with Gasteiger partial charge >= 0.3 is 0 Å². The largest absolute Gasteiger partial charge is 0.383 e. The first-order valence-electron chi connectivity index (χ1n) is 7.56. The first kappa shape index (κ1) is 15.8. The monoisotopic (exact) mass is 294 g/mol. The van der Waals surface area contributed by atoms with E-state index in [-0.39, 0.29) is 0 Å². The Kier molecular flexibility index (Phi) is 5.78. The van der Waals surface area contributed by atoms with Crippen LogP contribution in [0.25, 0.3) is 12.2 Å². The lowest BCUT2D eigenvalue weighted by atomic mass is 10.1. The number of aryl methyl sites for hydroxylation is 1. The van der Waals surface area contributed by atoms with Gasteiger partial charge in [0.2, 0.25) is 6.41 Å². The Labute approximate surface area is 132 Å². The molecule has 114 valence electrons. The summed E-state index contributed by atoms with van der Waals surface area (Å²) >= 11 is 0. The van der Waals surface area contributed by atoms with Crippen LogP contribution in [0.2, 0.25) is 0 Å². The number of anilines is 2. The van der Waals surface area contributed by atoms with E-state index in [0.717, 1.165) is 35.5 Å². The lowest BCUT2D eigenvalue weighted by molar-refractivity contribution is -0.105. The number of hydrogen-bond donors (Lipinski definition) is 2. The van der Waals surface area contributed by atoms with Gasteiger partial charge in [-0.1, -0.05) is 61.0 Å². The van der Waals surface area contributed by atoms with E-state index in [1.165, 1.54) is 5.56 Å². The molecular formula is C19H22N2O. The second-order valence-electron chi connectivity index (χ2n) is 5.20. The second-order valence-corrected chi connectivity index (χ2v) is 5.20. The lowest BCUT2D eigenvalue weighted by Gasteiger charge is -2.13. The lowest BCUT2D eigenvalue weighted by Crippen LogP contribution is -2.06. The van der Waals surface area contributed by atoms with Crippen molar-refractivity contribution in [2.75, 3.05) is 17.2 Å². The smallest absolute Gasteiger partial charge is 0.211 e. The normalized spacial score (nSPS) is 10.6. The van der Waals surface area contributed by atoms with Gasteiger partial charge in [-0.05, 0) is 30.5 Å². The molecule has 2 rings (SSSR count). The van der Waals surface area contributed by atoms with E-state index in [0.29, 0.717) is 6.41 Å². The zero-order valence-electron chi connectivity index (χ0n) is 13.1. The molecule has 0 saturated heterocycles. The summed E-state index contributed by atoms with van der Waals surface area (Å²) in [6, 6.07) is 14.3. The van der Waals surface area contributed by atoms with E-state index in [1.807, 2.05) is 18.2 Å². The number of hydrogen-bond acceptors (Lipinski definition) is 2. The molecular weight excluding hydrogens is 272 g/mol. The van der Waals surface area contributed by atoms with E-state index in [2.05, 4.69) is 60.9 Å². The van der Waals surface area contributed by atoms with Crippen molar-refractivity contribution >= 4 is 29.9 Å². The van der Waals surface area contributed by atoms with Crippen LogP contribution < -0.4 is 10.6 Å². The number of carbonyl (C=O) groups excluding carboxylic acids is 1. The Balaban J connectivity index is 2.30. The zero-order valence-corrected chi connectivity index (χ0v) is 13.1. The van der Waals surface area contributed by atoms with Crippen LogP contribution in [-0.4, -0.2) is 13.0 Å². The van der Waals surface area contributed by atoms with Crippen LogP contribution in [0.5, 0.6) is 0 Å². The van der Waals surface area contributed by atoms with Crippen LogP contribution >= 0.6 is 0 Å². The van der Waals surface area contributed by atoms with Gasteiger partial charge in [0.05, 0.1) is 11.4 Å². The molecule has 0 atom stereocenters. The maximum atomic E-state index is 10.8. The molecule has 0 aromatic heterocycles. The third kappa shape index (κ3) is 4.22. The van der Waals surface area contributed by atoms with Crippen LogP contribution in [-0.2, 0) is 4.79 Å². The number of para-hydroxylation sites is 1. The molecule has 0 aliphatic heterocycles. The number of nitrogens with one attached hydrogen (secondary N) is 2. The highest BCUT2D eigenvalue weighted by molar-refractivity contribution is 5.88. The molecule has 2 N–H and O–H groups in total. The summed E-state index contributed by atoms with van der Waals surface area (Å²) in [5.41, 5.74) is 5.22. The summed E-state index contributed by atoms with van der Waals surface area (Å²) in [5.74, 6) is 0. The molecule has 1 amide bonds. The maximum absolute atomic E-state index is 10.8. The van der Waals surface area contributed by atoms with Crippen molar-refractivity contribution in [3.05, 3.63) is 59.2 Å². The molecule has 3 nitrogen and oxygen atoms in total. The molecule has 22 heavy (non-hydrogen) atoms. The molecule has 3 heteroatoms. The van der Waals surface area contributed by atoms with Crippen LogP contribution in [0.15, 0.2) is 42.5 Å². The molecule has 0 fully saturated rings. The zero-order chi connectivity index (χ0) is 15.8.